The molecule has 0 amide bonds. The maximum absolute atomic E-state index is 6.54. The van der Waals surface area contributed by atoms with Gasteiger partial charge in [-0.2, -0.15) is 0 Å². The molecule has 0 atom stereocenters. The molecule has 0 unspecified atom stereocenters. The Labute approximate surface area is 331 Å². The van der Waals surface area contributed by atoms with E-state index >= 15 is 0 Å². The lowest BCUT2D eigenvalue weighted by Gasteiger charge is -2.21. The monoisotopic (exact) mass is 745 g/mol. The van der Waals surface area contributed by atoms with Gasteiger partial charge in [0, 0.05) is 60.0 Å². The second-order valence-electron chi connectivity index (χ2n) is 14.5. The zero-order chi connectivity index (χ0) is 37.5. The van der Waals surface area contributed by atoms with Crippen molar-refractivity contribution in [1.29, 1.82) is 0 Å². The molecule has 4 nitrogen and oxygen atoms in total. The van der Waals surface area contributed by atoms with Crippen LogP contribution in [0.3, 0.4) is 0 Å². The summed E-state index contributed by atoms with van der Waals surface area (Å²) in [5.41, 5.74) is 13.4. The van der Waals surface area contributed by atoms with Crippen LogP contribution in [0.15, 0.2) is 192 Å². The van der Waals surface area contributed by atoms with E-state index in [1.807, 2.05) is 12.1 Å². The summed E-state index contributed by atoms with van der Waals surface area (Å²) in [6.45, 7) is 0. The van der Waals surface area contributed by atoms with E-state index in [1.165, 1.54) is 15.5 Å². The van der Waals surface area contributed by atoms with E-state index in [0.717, 1.165) is 93.3 Å². The third-order valence-corrected chi connectivity index (χ3v) is 12.4. The van der Waals surface area contributed by atoms with Gasteiger partial charge in [0.25, 0.3) is 0 Å². The first kappa shape index (κ1) is 32.0. The highest BCUT2D eigenvalue weighted by molar-refractivity contribution is 7.26. The Kier molecular flexibility index (Phi) is 7.06. The van der Waals surface area contributed by atoms with E-state index in [0.29, 0.717) is 5.82 Å². The van der Waals surface area contributed by atoms with Gasteiger partial charge >= 0.3 is 0 Å². The van der Waals surface area contributed by atoms with E-state index in [1.54, 1.807) is 11.3 Å². The molecule has 0 aliphatic carbocycles. The first-order valence-electron chi connectivity index (χ1n) is 19.2. The van der Waals surface area contributed by atoms with E-state index in [2.05, 4.69) is 180 Å². The molecule has 8 aromatic carbocycles. The lowest BCUT2D eigenvalue weighted by molar-refractivity contribution is 0.669. The van der Waals surface area contributed by atoms with Crippen LogP contribution in [0.1, 0.15) is 0 Å². The fraction of sp³-hybridized carbons (Fsp3) is 0. The minimum atomic E-state index is 0.713. The number of para-hydroxylation sites is 2. The molecule has 0 N–H and O–H groups in total. The molecule has 0 radical (unpaired) electrons. The molecule has 0 aliphatic heterocycles. The van der Waals surface area contributed by atoms with Gasteiger partial charge in [0.2, 0.25) is 0 Å². The SMILES string of the molecule is c1ccc(-c2nc(-c3cc(-c4ccccc4)c(-n4c5ccccc5c5cc6c(cc54)oc4ccccc46)c(-c4ccccc4)c3)c3sc4ccccc4c3n2)cc1. The van der Waals surface area contributed by atoms with Crippen molar-refractivity contribution < 1.29 is 4.42 Å². The Morgan fingerprint density at radius 1 is 0.421 bits per heavy atom. The second kappa shape index (κ2) is 12.6. The highest BCUT2D eigenvalue weighted by Gasteiger charge is 2.25. The van der Waals surface area contributed by atoms with Crippen molar-refractivity contribution in [1.82, 2.24) is 14.5 Å². The number of hydrogen-bond acceptors (Lipinski definition) is 4. The Hall–Kier alpha value is -7.34. The van der Waals surface area contributed by atoms with Crippen molar-refractivity contribution in [2.75, 3.05) is 0 Å². The van der Waals surface area contributed by atoms with Crippen molar-refractivity contribution in [2.24, 2.45) is 0 Å². The third kappa shape index (κ3) is 4.99. The Balaban J connectivity index is 1.24. The van der Waals surface area contributed by atoms with Crippen LogP contribution in [0, 0.1) is 0 Å². The summed E-state index contributed by atoms with van der Waals surface area (Å²) < 4.78 is 11.3. The van der Waals surface area contributed by atoms with Crippen molar-refractivity contribution >= 4 is 75.4 Å². The van der Waals surface area contributed by atoms with Gasteiger partial charge in [-0.25, -0.2) is 9.97 Å². The maximum Gasteiger partial charge on any atom is 0.160 e. The molecule has 12 rings (SSSR count). The highest BCUT2D eigenvalue weighted by atomic mass is 32.1. The Morgan fingerprint density at radius 3 is 1.74 bits per heavy atom. The Morgan fingerprint density at radius 2 is 1.02 bits per heavy atom. The zero-order valence-electron chi connectivity index (χ0n) is 30.6. The van der Waals surface area contributed by atoms with Gasteiger partial charge < -0.3 is 8.98 Å². The number of furan rings is 1. The number of rotatable bonds is 5. The molecular weight excluding hydrogens is 715 g/mol. The molecule has 0 saturated heterocycles. The fourth-order valence-corrected chi connectivity index (χ4v) is 9.77. The summed E-state index contributed by atoms with van der Waals surface area (Å²) in [7, 11) is 0. The van der Waals surface area contributed by atoms with Gasteiger partial charge in [-0.15, -0.1) is 11.3 Å². The van der Waals surface area contributed by atoms with Gasteiger partial charge in [-0.3, -0.25) is 0 Å². The van der Waals surface area contributed by atoms with Crippen molar-refractivity contribution in [2.45, 2.75) is 0 Å². The maximum atomic E-state index is 6.54. The minimum absolute atomic E-state index is 0.713. The van der Waals surface area contributed by atoms with Crippen LogP contribution in [-0.2, 0) is 0 Å². The van der Waals surface area contributed by atoms with Gasteiger partial charge in [0.05, 0.1) is 32.6 Å². The average molecular weight is 746 g/mol. The summed E-state index contributed by atoms with van der Waals surface area (Å²) in [5.74, 6) is 0.713. The van der Waals surface area contributed by atoms with Crippen molar-refractivity contribution in [3.63, 3.8) is 0 Å². The summed E-state index contributed by atoms with van der Waals surface area (Å²) in [4.78, 5) is 10.7. The predicted octanol–water partition coefficient (Wildman–Crippen LogP) is 14.5. The lowest BCUT2D eigenvalue weighted by atomic mass is 9.91. The van der Waals surface area contributed by atoms with Gasteiger partial charge in [0.15, 0.2) is 5.82 Å². The van der Waals surface area contributed by atoms with Crippen LogP contribution in [0.4, 0.5) is 0 Å². The van der Waals surface area contributed by atoms with Crippen LogP contribution in [0.2, 0.25) is 0 Å². The summed E-state index contributed by atoms with van der Waals surface area (Å²) in [6, 6.07) is 66.7. The summed E-state index contributed by atoms with van der Waals surface area (Å²) in [6.07, 6.45) is 0. The fourth-order valence-electron chi connectivity index (χ4n) is 8.62. The van der Waals surface area contributed by atoms with E-state index in [9.17, 15) is 0 Å². The third-order valence-electron chi connectivity index (χ3n) is 11.2. The minimum Gasteiger partial charge on any atom is -0.456 e. The highest BCUT2D eigenvalue weighted by Crippen LogP contribution is 2.47. The van der Waals surface area contributed by atoms with E-state index in [4.69, 9.17) is 14.4 Å². The molecule has 0 aliphatic rings. The van der Waals surface area contributed by atoms with Crippen LogP contribution in [-0.4, -0.2) is 14.5 Å². The molecular formula is C52H31N3OS. The topological polar surface area (TPSA) is 43.9 Å². The zero-order valence-corrected chi connectivity index (χ0v) is 31.4. The van der Waals surface area contributed by atoms with E-state index in [-0.39, 0.29) is 0 Å². The normalized spacial score (nSPS) is 11.9. The molecule has 0 saturated carbocycles. The second-order valence-corrected chi connectivity index (χ2v) is 15.6. The molecule has 4 aromatic heterocycles. The average Bonchev–Trinajstić information content (AvgIpc) is 3.95. The lowest BCUT2D eigenvalue weighted by Crippen LogP contribution is -2.02. The standard InChI is InChI=1S/C52H31N3OS/c1-4-16-32(17-5-1)39-28-35(48-51-49(38-24-12-15-27-47(38)57-51)54-52(53-48)34-20-8-3-9-21-34)29-40(33-18-6-2-7-19-33)50(39)55-43-25-13-10-22-36(43)41-30-42-37-23-11-14-26-45(37)56-46(42)31-44(41)55/h1-31H. The van der Waals surface area contributed by atoms with Crippen molar-refractivity contribution in [3.8, 4) is 50.6 Å². The van der Waals surface area contributed by atoms with Crippen LogP contribution < -0.4 is 0 Å². The summed E-state index contributed by atoms with van der Waals surface area (Å²) >= 11 is 1.76. The quantitative estimate of drug-likeness (QED) is 0.176. The van der Waals surface area contributed by atoms with Crippen LogP contribution in [0.5, 0.6) is 0 Å². The number of nitrogens with zero attached hydrogens (tertiary/aromatic N) is 3. The largest absolute Gasteiger partial charge is 0.456 e. The van der Waals surface area contributed by atoms with E-state index < -0.39 is 0 Å². The van der Waals surface area contributed by atoms with Crippen molar-refractivity contribution in [3.05, 3.63) is 188 Å². The molecule has 12 aromatic rings. The molecule has 266 valence electrons. The molecule has 0 fully saturated rings. The molecule has 0 bridgehead atoms. The number of hydrogen-bond donors (Lipinski definition) is 0. The first-order chi connectivity index (χ1) is 28.3. The van der Waals surface area contributed by atoms with Gasteiger partial charge in [-0.1, -0.05) is 146 Å². The number of benzene rings is 8. The Bertz CT molecular complexity index is 3450. The van der Waals surface area contributed by atoms with Gasteiger partial charge in [-0.05, 0) is 47.5 Å². The van der Waals surface area contributed by atoms with Crippen LogP contribution in [0.25, 0.3) is 115 Å². The van der Waals surface area contributed by atoms with Crippen LogP contribution >= 0.6 is 11.3 Å². The molecule has 5 heteroatoms. The molecule has 4 heterocycles. The smallest absolute Gasteiger partial charge is 0.160 e. The first-order valence-corrected chi connectivity index (χ1v) is 20.0. The number of thiophene rings is 1. The molecule has 0 spiro atoms. The van der Waals surface area contributed by atoms with Gasteiger partial charge in [0.1, 0.15) is 11.2 Å². The molecule has 57 heavy (non-hydrogen) atoms. The number of aromatic nitrogens is 3. The predicted molar refractivity (Wildman–Crippen MR) is 238 cm³/mol. The number of fused-ring (bicyclic) bond motifs is 9. The summed E-state index contributed by atoms with van der Waals surface area (Å²) in [5, 5.41) is 5.76.